The highest BCUT2D eigenvalue weighted by Gasteiger charge is 2.31. The molecule has 0 saturated carbocycles. The number of esters is 1. The van der Waals surface area contributed by atoms with E-state index < -0.39 is 51.4 Å². The third-order valence-corrected chi connectivity index (χ3v) is 6.15. The summed E-state index contributed by atoms with van der Waals surface area (Å²) in [4.78, 5) is 24.3. The molecule has 0 fully saturated rings. The van der Waals surface area contributed by atoms with Crippen molar-refractivity contribution < 1.29 is 41.0 Å². The summed E-state index contributed by atoms with van der Waals surface area (Å²) in [5.41, 5.74) is -1.09. The van der Waals surface area contributed by atoms with Crippen molar-refractivity contribution >= 4 is 21.7 Å². The number of aliphatic hydroxyl groups is 1. The Morgan fingerprint density at radius 3 is 2.16 bits per heavy atom. The SMILES string of the molecule is COC(=O)[C@@H](CCS(=O)(=O)c1ccccc1)NC(=O)[C@H](O)c1ccc(C(F)(F)F)cc1. The maximum absolute atomic E-state index is 12.6. The third-order valence-electron chi connectivity index (χ3n) is 4.38. The van der Waals surface area contributed by atoms with Gasteiger partial charge < -0.3 is 15.2 Å². The number of benzene rings is 2. The van der Waals surface area contributed by atoms with Crippen LogP contribution < -0.4 is 5.32 Å². The molecule has 11 heteroatoms. The van der Waals surface area contributed by atoms with E-state index in [4.69, 9.17) is 0 Å². The minimum absolute atomic E-state index is 0.0368. The lowest BCUT2D eigenvalue weighted by Gasteiger charge is -2.19. The number of sulfone groups is 1. The van der Waals surface area contributed by atoms with Gasteiger partial charge >= 0.3 is 12.1 Å². The monoisotopic (exact) mass is 459 g/mol. The first kappa shape index (κ1) is 24.4. The molecule has 2 aromatic carbocycles. The van der Waals surface area contributed by atoms with E-state index in [0.717, 1.165) is 19.2 Å². The van der Waals surface area contributed by atoms with Crippen molar-refractivity contribution in [3.05, 3.63) is 65.7 Å². The van der Waals surface area contributed by atoms with Gasteiger partial charge in [0.15, 0.2) is 15.9 Å². The number of ether oxygens (including phenoxy) is 1. The Labute approximate surface area is 176 Å². The van der Waals surface area contributed by atoms with E-state index in [-0.39, 0.29) is 16.9 Å². The van der Waals surface area contributed by atoms with Gasteiger partial charge in [0.05, 0.1) is 23.3 Å². The van der Waals surface area contributed by atoms with E-state index >= 15 is 0 Å². The van der Waals surface area contributed by atoms with Crippen molar-refractivity contribution in [1.82, 2.24) is 5.32 Å². The molecule has 0 aliphatic carbocycles. The lowest BCUT2D eigenvalue weighted by Crippen LogP contribution is -2.44. The maximum Gasteiger partial charge on any atom is 0.416 e. The molecule has 0 saturated heterocycles. The Kier molecular flexibility index (Phi) is 7.80. The molecule has 2 aromatic rings. The Balaban J connectivity index is 2.09. The number of rotatable bonds is 8. The van der Waals surface area contributed by atoms with Crippen LogP contribution in [0.5, 0.6) is 0 Å². The van der Waals surface area contributed by atoms with Gasteiger partial charge in [-0.1, -0.05) is 30.3 Å². The second kappa shape index (κ2) is 9.92. The van der Waals surface area contributed by atoms with Crippen molar-refractivity contribution in [3.8, 4) is 0 Å². The lowest BCUT2D eigenvalue weighted by molar-refractivity contribution is -0.146. The number of alkyl halides is 3. The molecular weight excluding hydrogens is 439 g/mol. The van der Waals surface area contributed by atoms with Crippen molar-refractivity contribution in [1.29, 1.82) is 0 Å². The second-order valence-electron chi connectivity index (χ2n) is 6.53. The summed E-state index contributed by atoms with van der Waals surface area (Å²) in [6.45, 7) is 0. The molecule has 0 spiro atoms. The van der Waals surface area contributed by atoms with Crippen molar-refractivity contribution in [3.63, 3.8) is 0 Å². The van der Waals surface area contributed by atoms with E-state index in [1.54, 1.807) is 6.07 Å². The van der Waals surface area contributed by atoms with Crippen LogP contribution in [0.25, 0.3) is 0 Å². The second-order valence-corrected chi connectivity index (χ2v) is 8.64. The van der Waals surface area contributed by atoms with E-state index in [0.29, 0.717) is 12.1 Å². The Morgan fingerprint density at radius 2 is 1.65 bits per heavy atom. The van der Waals surface area contributed by atoms with Crippen LogP contribution >= 0.6 is 0 Å². The molecule has 0 bridgehead atoms. The lowest BCUT2D eigenvalue weighted by atomic mass is 10.1. The minimum atomic E-state index is -4.58. The molecule has 0 heterocycles. The highest BCUT2D eigenvalue weighted by molar-refractivity contribution is 7.91. The number of hydrogen-bond acceptors (Lipinski definition) is 6. The molecule has 0 aliphatic heterocycles. The average molecular weight is 459 g/mol. The van der Waals surface area contributed by atoms with Gasteiger partial charge in [0.1, 0.15) is 6.04 Å². The number of nitrogens with one attached hydrogen (secondary N) is 1. The number of carbonyl (C=O) groups excluding carboxylic acids is 2. The fourth-order valence-corrected chi connectivity index (χ4v) is 4.02. The summed E-state index contributed by atoms with van der Waals surface area (Å²) in [5, 5.41) is 12.3. The van der Waals surface area contributed by atoms with Crippen LogP contribution in [0.1, 0.15) is 23.7 Å². The summed E-state index contributed by atoms with van der Waals surface area (Å²) in [5.74, 6) is -2.52. The number of hydrogen-bond donors (Lipinski definition) is 2. The van der Waals surface area contributed by atoms with Crippen LogP contribution in [0, 0.1) is 0 Å². The standard InChI is InChI=1S/C20H20F3NO6S/c1-30-19(27)16(11-12-31(28,29)15-5-3-2-4-6-15)24-18(26)17(25)13-7-9-14(10-8-13)20(21,22)23/h2-10,16-17,25H,11-12H2,1H3,(H,24,26)/t16-,17-/m1/s1. The van der Waals surface area contributed by atoms with Gasteiger partial charge in [-0.3, -0.25) is 4.79 Å². The highest BCUT2D eigenvalue weighted by Crippen LogP contribution is 2.30. The van der Waals surface area contributed by atoms with Gasteiger partial charge in [-0.05, 0) is 36.2 Å². The zero-order valence-corrected chi connectivity index (χ0v) is 17.1. The Morgan fingerprint density at radius 1 is 1.06 bits per heavy atom. The Bertz CT molecular complexity index is 1010. The van der Waals surface area contributed by atoms with Crippen LogP contribution in [-0.2, 0) is 30.3 Å². The highest BCUT2D eigenvalue weighted by atomic mass is 32.2. The summed E-state index contributed by atoms with van der Waals surface area (Å²) in [6.07, 6.45) is -6.79. The molecule has 0 aliphatic rings. The van der Waals surface area contributed by atoms with Crippen LogP contribution in [-0.4, -0.2) is 44.3 Å². The van der Waals surface area contributed by atoms with E-state index in [1.807, 2.05) is 0 Å². The smallest absolute Gasteiger partial charge is 0.416 e. The predicted octanol–water partition coefficient (Wildman–Crippen LogP) is 2.26. The molecule has 2 rings (SSSR count). The molecule has 31 heavy (non-hydrogen) atoms. The van der Waals surface area contributed by atoms with Gasteiger partial charge in [0.2, 0.25) is 0 Å². The number of halogens is 3. The fourth-order valence-electron chi connectivity index (χ4n) is 2.67. The first-order valence-corrected chi connectivity index (χ1v) is 10.6. The molecular formula is C20H20F3NO6S. The topological polar surface area (TPSA) is 110 Å². The number of aliphatic hydroxyl groups excluding tert-OH is 1. The van der Waals surface area contributed by atoms with Crippen LogP contribution in [0.15, 0.2) is 59.5 Å². The molecule has 2 N–H and O–H groups in total. The zero-order valence-electron chi connectivity index (χ0n) is 16.3. The van der Waals surface area contributed by atoms with Gasteiger partial charge in [-0.25, -0.2) is 13.2 Å². The average Bonchev–Trinajstić information content (AvgIpc) is 2.75. The molecule has 2 atom stereocenters. The van der Waals surface area contributed by atoms with Gasteiger partial charge in [0, 0.05) is 0 Å². The number of carbonyl (C=O) groups is 2. The van der Waals surface area contributed by atoms with E-state index in [1.165, 1.54) is 24.3 Å². The van der Waals surface area contributed by atoms with Crippen molar-refractivity contribution in [2.24, 2.45) is 0 Å². The Hall–Kier alpha value is -2.92. The summed E-state index contributed by atoms with van der Waals surface area (Å²) in [7, 11) is -2.71. The molecule has 168 valence electrons. The summed E-state index contributed by atoms with van der Waals surface area (Å²) >= 11 is 0. The fraction of sp³-hybridized carbons (Fsp3) is 0.300. The molecule has 0 radical (unpaired) electrons. The van der Waals surface area contributed by atoms with Gasteiger partial charge in [-0.2, -0.15) is 13.2 Å². The first-order valence-electron chi connectivity index (χ1n) is 8.97. The summed E-state index contributed by atoms with van der Waals surface area (Å²) < 4.78 is 67.3. The van der Waals surface area contributed by atoms with Crippen LogP contribution in [0.4, 0.5) is 13.2 Å². The maximum atomic E-state index is 12.6. The molecule has 0 unspecified atom stereocenters. The quantitative estimate of drug-likeness (QED) is 0.586. The number of methoxy groups -OCH3 is 1. The van der Waals surface area contributed by atoms with Crippen molar-refractivity contribution in [2.75, 3.05) is 12.9 Å². The first-order chi connectivity index (χ1) is 14.5. The van der Waals surface area contributed by atoms with Crippen LogP contribution in [0.2, 0.25) is 0 Å². The third kappa shape index (κ3) is 6.53. The van der Waals surface area contributed by atoms with E-state index in [2.05, 4.69) is 10.1 Å². The van der Waals surface area contributed by atoms with Crippen molar-refractivity contribution in [2.45, 2.75) is 29.6 Å². The summed E-state index contributed by atoms with van der Waals surface area (Å²) in [6, 6.07) is 9.36. The number of amides is 1. The molecule has 0 aromatic heterocycles. The predicted molar refractivity (Wildman–Crippen MR) is 103 cm³/mol. The van der Waals surface area contributed by atoms with Crippen LogP contribution in [0.3, 0.4) is 0 Å². The molecule has 7 nitrogen and oxygen atoms in total. The minimum Gasteiger partial charge on any atom is -0.467 e. The zero-order chi connectivity index (χ0) is 23.2. The normalized spacial score (nSPS) is 13.8. The molecule has 1 amide bonds. The largest absolute Gasteiger partial charge is 0.467 e. The van der Waals surface area contributed by atoms with E-state index in [9.17, 15) is 36.3 Å². The van der Waals surface area contributed by atoms with Gasteiger partial charge in [-0.15, -0.1) is 0 Å². The van der Waals surface area contributed by atoms with Gasteiger partial charge in [0.25, 0.3) is 5.91 Å².